The van der Waals surface area contributed by atoms with Gasteiger partial charge in [-0.3, -0.25) is 4.79 Å². The highest BCUT2D eigenvalue weighted by Crippen LogP contribution is 2.16. The van der Waals surface area contributed by atoms with Gasteiger partial charge in [-0.15, -0.1) is 0 Å². The predicted octanol–water partition coefficient (Wildman–Crippen LogP) is 3.80. The molecule has 0 aliphatic carbocycles. The van der Waals surface area contributed by atoms with Gasteiger partial charge >= 0.3 is 0 Å². The molecule has 4 nitrogen and oxygen atoms in total. The number of nitrogens with one attached hydrogen (secondary N) is 2. The van der Waals surface area contributed by atoms with Gasteiger partial charge in [0, 0.05) is 24.2 Å². The van der Waals surface area contributed by atoms with Crippen LogP contribution in [0.5, 0.6) is 0 Å². The van der Waals surface area contributed by atoms with E-state index in [1.807, 2.05) is 43.3 Å². The third kappa shape index (κ3) is 3.88. The molecule has 2 aromatic rings. The first-order valence-electron chi connectivity index (χ1n) is 6.92. The van der Waals surface area contributed by atoms with Crippen LogP contribution in [0.25, 0.3) is 0 Å². The summed E-state index contributed by atoms with van der Waals surface area (Å²) in [6.07, 6.45) is 1.39. The number of amides is 1. The summed E-state index contributed by atoms with van der Waals surface area (Å²) in [5.74, 6) is 1.94. The minimum absolute atomic E-state index is 0.0217. The smallest absolute Gasteiger partial charge is 0.224 e. The van der Waals surface area contributed by atoms with Crippen molar-refractivity contribution in [1.29, 1.82) is 0 Å². The van der Waals surface area contributed by atoms with E-state index in [-0.39, 0.29) is 5.91 Å². The Bertz CT molecular complexity index is 558. The molecule has 1 amide bonds. The van der Waals surface area contributed by atoms with Crippen LogP contribution in [0.2, 0.25) is 0 Å². The molecule has 4 heteroatoms. The quantitative estimate of drug-likeness (QED) is 0.841. The van der Waals surface area contributed by atoms with Crippen molar-refractivity contribution in [3.63, 3.8) is 0 Å². The zero-order chi connectivity index (χ0) is 14.4. The van der Waals surface area contributed by atoms with Gasteiger partial charge in [0.1, 0.15) is 11.5 Å². The van der Waals surface area contributed by atoms with Gasteiger partial charge in [0.15, 0.2) is 0 Å². The van der Waals surface area contributed by atoms with Crippen LogP contribution in [0, 0.1) is 0 Å². The van der Waals surface area contributed by atoms with Crippen LogP contribution in [-0.2, 0) is 17.8 Å². The van der Waals surface area contributed by atoms with Crippen LogP contribution in [0.15, 0.2) is 40.8 Å². The maximum absolute atomic E-state index is 11.3. The Morgan fingerprint density at radius 3 is 2.25 bits per heavy atom. The Morgan fingerprint density at radius 1 is 1.00 bits per heavy atom. The average Bonchev–Trinajstić information content (AvgIpc) is 2.94. The monoisotopic (exact) mass is 272 g/mol. The van der Waals surface area contributed by atoms with E-state index in [0.717, 1.165) is 29.3 Å². The van der Waals surface area contributed by atoms with Crippen molar-refractivity contribution in [3.8, 4) is 0 Å². The maximum Gasteiger partial charge on any atom is 0.224 e. The zero-order valence-corrected chi connectivity index (χ0v) is 11.9. The first kappa shape index (κ1) is 14.2. The van der Waals surface area contributed by atoms with E-state index in [2.05, 4.69) is 17.6 Å². The van der Waals surface area contributed by atoms with E-state index < -0.39 is 0 Å². The van der Waals surface area contributed by atoms with Gasteiger partial charge in [-0.2, -0.15) is 0 Å². The molecule has 1 aromatic carbocycles. The van der Waals surface area contributed by atoms with Gasteiger partial charge in [-0.05, 0) is 36.4 Å². The van der Waals surface area contributed by atoms with Crippen LogP contribution in [-0.4, -0.2) is 5.91 Å². The second-order valence-electron chi connectivity index (χ2n) is 4.55. The molecule has 2 N–H and O–H groups in total. The number of benzene rings is 1. The standard InChI is InChI=1S/C16H20N2O2/c1-3-14-9-10-15(20-14)11-17-12-5-7-13(8-6-12)18-16(19)4-2/h5-10,17H,3-4,11H2,1-2H3,(H,18,19). The molecular formula is C16H20N2O2. The number of furan rings is 1. The first-order chi connectivity index (χ1) is 9.71. The van der Waals surface area contributed by atoms with Crippen LogP contribution < -0.4 is 10.6 Å². The molecule has 0 aliphatic heterocycles. The first-order valence-corrected chi connectivity index (χ1v) is 6.92. The van der Waals surface area contributed by atoms with Gasteiger partial charge in [0.05, 0.1) is 6.54 Å². The third-order valence-electron chi connectivity index (χ3n) is 3.02. The van der Waals surface area contributed by atoms with Gasteiger partial charge in [-0.25, -0.2) is 0 Å². The van der Waals surface area contributed by atoms with Crippen molar-refractivity contribution >= 4 is 17.3 Å². The third-order valence-corrected chi connectivity index (χ3v) is 3.02. The lowest BCUT2D eigenvalue weighted by molar-refractivity contribution is -0.115. The number of aryl methyl sites for hydroxylation is 1. The fraction of sp³-hybridized carbons (Fsp3) is 0.312. The molecule has 0 saturated carbocycles. The fourth-order valence-corrected chi connectivity index (χ4v) is 1.82. The number of carbonyl (C=O) groups is 1. The molecule has 20 heavy (non-hydrogen) atoms. The van der Waals surface area contributed by atoms with Crippen molar-refractivity contribution in [2.75, 3.05) is 10.6 Å². The lowest BCUT2D eigenvalue weighted by Gasteiger charge is -2.07. The average molecular weight is 272 g/mol. The minimum atomic E-state index is 0.0217. The van der Waals surface area contributed by atoms with Crippen LogP contribution in [0.1, 0.15) is 31.8 Å². The lowest BCUT2D eigenvalue weighted by atomic mass is 10.2. The SMILES string of the molecule is CCC(=O)Nc1ccc(NCc2ccc(CC)o2)cc1. The van der Waals surface area contributed by atoms with E-state index >= 15 is 0 Å². The summed E-state index contributed by atoms with van der Waals surface area (Å²) in [5, 5.41) is 6.10. The number of carbonyl (C=O) groups excluding carboxylic acids is 1. The summed E-state index contributed by atoms with van der Waals surface area (Å²) in [7, 11) is 0. The molecule has 0 aliphatic rings. The molecular weight excluding hydrogens is 252 g/mol. The van der Waals surface area contributed by atoms with Crippen molar-refractivity contribution in [3.05, 3.63) is 47.9 Å². The fourth-order valence-electron chi connectivity index (χ4n) is 1.82. The predicted molar refractivity (Wildman–Crippen MR) is 80.8 cm³/mol. The Morgan fingerprint density at radius 2 is 1.65 bits per heavy atom. The highest BCUT2D eigenvalue weighted by atomic mass is 16.3. The molecule has 0 radical (unpaired) electrons. The molecule has 0 unspecified atom stereocenters. The normalized spacial score (nSPS) is 10.3. The molecule has 1 heterocycles. The summed E-state index contributed by atoms with van der Waals surface area (Å²) in [5.41, 5.74) is 1.81. The Kier molecular flexibility index (Phi) is 4.82. The van der Waals surface area contributed by atoms with E-state index in [0.29, 0.717) is 13.0 Å². The Balaban J connectivity index is 1.88. The van der Waals surface area contributed by atoms with E-state index in [1.165, 1.54) is 0 Å². The van der Waals surface area contributed by atoms with Crippen molar-refractivity contribution in [2.45, 2.75) is 33.2 Å². The molecule has 0 atom stereocenters. The van der Waals surface area contributed by atoms with Gasteiger partial charge < -0.3 is 15.1 Å². The van der Waals surface area contributed by atoms with E-state index in [4.69, 9.17) is 4.42 Å². The second kappa shape index (κ2) is 6.80. The maximum atomic E-state index is 11.3. The van der Waals surface area contributed by atoms with E-state index in [1.54, 1.807) is 0 Å². The number of anilines is 2. The van der Waals surface area contributed by atoms with Crippen molar-refractivity contribution in [1.82, 2.24) is 0 Å². The highest BCUT2D eigenvalue weighted by Gasteiger charge is 2.01. The van der Waals surface area contributed by atoms with Crippen molar-refractivity contribution < 1.29 is 9.21 Å². The van der Waals surface area contributed by atoms with Crippen molar-refractivity contribution in [2.24, 2.45) is 0 Å². The number of rotatable bonds is 6. The molecule has 106 valence electrons. The largest absolute Gasteiger partial charge is 0.464 e. The molecule has 0 bridgehead atoms. The van der Waals surface area contributed by atoms with Gasteiger partial charge in [0.2, 0.25) is 5.91 Å². The van der Waals surface area contributed by atoms with E-state index in [9.17, 15) is 4.79 Å². The lowest BCUT2D eigenvalue weighted by Crippen LogP contribution is -2.09. The van der Waals surface area contributed by atoms with Crippen LogP contribution in [0.3, 0.4) is 0 Å². The number of hydrogen-bond donors (Lipinski definition) is 2. The van der Waals surface area contributed by atoms with Gasteiger partial charge in [0.25, 0.3) is 0 Å². The zero-order valence-electron chi connectivity index (χ0n) is 11.9. The summed E-state index contributed by atoms with van der Waals surface area (Å²) < 4.78 is 5.63. The highest BCUT2D eigenvalue weighted by molar-refractivity contribution is 5.90. The molecule has 1 aromatic heterocycles. The molecule has 2 rings (SSSR count). The Labute approximate surface area is 119 Å². The van der Waals surface area contributed by atoms with Crippen LogP contribution >= 0.6 is 0 Å². The Hall–Kier alpha value is -2.23. The summed E-state index contributed by atoms with van der Waals surface area (Å²) >= 11 is 0. The topological polar surface area (TPSA) is 54.3 Å². The molecule has 0 spiro atoms. The number of hydrogen-bond acceptors (Lipinski definition) is 3. The second-order valence-corrected chi connectivity index (χ2v) is 4.55. The summed E-state index contributed by atoms with van der Waals surface area (Å²) in [6.45, 7) is 4.55. The van der Waals surface area contributed by atoms with Crippen LogP contribution in [0.4, 0.5) is 11.4 Å². The summed E-state index contributed by atoms with van der Waals surface area (Å²) in [6, 6.07) is 11.6. The molecule has 0 saturated heterocycles. The molecule has 0 fully saturated rings. The minimum Gasteiger partial charge on any atom is -0.464 e. The van der Waals surface area contributed by atoms with Gasteiger partial charge in [-0.1, -0.05) is 13.8 Å². The summed E-state index contributed by atoms with van der Waals surface area (Å²) in [4.78, 5) is 11.3.